The van der Waals surface area contributed by atoms with Gasteiger partial charge in [0.15, 0.2) is 16.6 Å². The fraction of sp³-hybridized carbons (Fsp3) is 0.353. The summed E-state index contributed by atoms with van der Waals surface area (Å²) in [5.41, 5.74) is 0.964. The molecule has 1 aliphatic heterocycles. The molecule has 0 unspecified atom stereocenters. The van der Waals surface area contributed by atoms with Crippen LogP contribution in [-0.2, 0) is 14.3 Å². The zero-order valence-electron chi connectivity index (χ0n) is 15.2. The van der Waals surface area contributed by atoms with Gasteiger partial charge in [0.05, 0.1) is 28.4 Å². The summed E-state index contributed by atoms with van der Waals surface area (Å²) in [5.74, 6) is 0.424. The van der Waals surface area contributed by atoms with E-state index < -0.39 is 11.9 Å². The van der Waals surface area contributed by atoms with Gasteiger partial charge in [-0.25, -0.2) is 0 Å². The van der Waals surface area contributed by atoms with Gasteiger partial charge in [0.1, 0.15) is 12.2 Å². The van der Waals surface area contributed by atoms with Gasteiger partial charge < -0.3 is 23.8 Å². The number of thiocarbonyl (C=S) groups is 1. The number of benzene rings is 1. The summed E-state index contributed by atoms with van der Waals surface area (Å²) in [4.78, 5) is 26.9. The summed E-state index contributed by atoms with van der Waals surface area (Å²) in [5, 5.41) is 0.221. The standard InChI is InChI=1S/C17H20N2O6S/c1-18-11(16(21)19(17(18)26)9-14(20)24-4)6-10-7-12(22-2)15(25-5)13(8-10)23-3/h6-8H,9H2,1-5H3/b11-6-. The summed E-state index contributed by atoms with van der Waals surface area (Å²) in [7, 11) is 7.43. The largest absolute Gasteiger partial charge is 0.493 e. The lowest BCUT2D eigenvalue weighted by Gasteiger charge is -2.15. The Balaban J connectivity index is 2.44. The molecule has 0 aliphatic carbocycles. The second-order valence-corrected chi connectivity index (χ2v) is 5.66. The number of esters is 1. The normalized spacial score (nSPS) is 15.5. The lowest BCUT2D eigenvalue weighted by atomic mass is 10.1. The molecule has 1 heterocycles. The highest BCUT2D eigenvalue weighted by atomic mass is 32.1. The number of carbonyl (C=O) groups is 2. The van der Waals surface area contributed by atoms with Crippen LogP contribution in [0.3, 0.4) is 0 Å². The number of rotatable bonds is 6. The maximum Gasteiger partial charge on any atom is 0.325 e. The molecule has 0 spiro atoms. The quantitative estimate of drug-likeness (QED) is 0.415. The molecular formula is C17H20N2O6S. The smallest absolute Gasteiger partial charge is 0.325 e. The summed E-state index contributed by atoms with van der Waals surface area (Å²) >= 11 is 5.25. The molecule has 26 heavy (non-hydrogen) atoms. The van der Waals surface area contributed by atoms with Crippen LogP contribution in [0.2, 0.25) is 0 Å². The monoisotopic (exact) mass is 380 g/mol. The third kappa shape index (κ3) is 3.57. The van der Waals surface area contributed by atoms with E-state index in [2.05, 4.69) is 4.74 Å². The van der Waals surface area contributed by atoms with Crippen LogP contribution in [0.1, 0.15) is 5.56 Å². The number of amides is 1. The molecule has 0 atom stereocenters. The Kier molecular flexibility index (Phi) is 6.04. The molecule has 1 fully saturated rings. The van der Waals surface area contributed by atoms with E-state index in [1.54, 1.807) is 25.3 Å². The van der Waals surface area contributed by atoms with Crippen LogP contribution in [0.4, 0.5) is 0 Å². The predicted molar refractivity (Wildman–Crippen MR) is 98.2 cm³/mol. The van der Waals surface area contributed by atoms with Gasteiger partial charge in [0.25, 0.3) is 5.91 Å². The van der Waals surface area contributed by atoms with E-state index >= 15 is 0 Å². The Labute approximate surface area is 156 Å². The molecule has 0 bridgehead atoms. The van der Waals surface area contributed by atoms with E-state index in [0.717, 1.165) is 0 Å². The van der Waals surface area contributed by atoms with Crippen LogP contribution >= 0.6 is 12.2 Å². The first-order chi connectivity index (χ1) is 12.4. The lowest BCUT2D eigenvalue weighted by molar-refractivity contribution is -0.143. The van der Waals surface area contributed by atoms with Crippen molar-refractivity contribution in [2.45, 2.75) is 0 Å². The predicted octanol–water partition coefficient (Wildman–Crippen LogP) is 1.29. The number of nitrogens with zero attached hydrogens (tertiary/aromatic N) is 2. The van der Waals surface area contributed by atoms with Crippen molar-refractivity contribution in [1.29, 1.82) is 0 Å². The minimum absolute atomic E-state index is 0.221. The van der Waals surface area contributed by atoms with E-state index in [1.807, 2.05) is 0 Å². The summed E-state index contributed by atoms with van der Waals surface area (Å²) in [6.07, 6.45) is 1.64. The van der Waals surface area contributed by atoms with Crippen LogP contribution in [0.15, 0.2) is 17.8 Å². The number of carbonyl (C=O) groups excluding carboxylic acids is 2. The van der Waals surface area contributed by atoms with Gasteiger partial charge in [-0.05, 0) is 36.0 Å². The Morgan fingerprint density at radius 2 is 1.69 bits per heavy atom. The van der Waals surface area contributed by atoms with E-state index in [9.17, 15) is 9.59 Å². The summed E-state index contributed by atoms with van der Waals surface area (Å²) in [6.45, 7) is -0.245. The van der Waals surface area contributed by atoms with E-state index in [4.69, 9.17) is 26.4 Å². The minimum Gasteiger partial charge on any atom is -0.493 e. The van der Waals surface area contributed by atoms with Crippen molar-refractivity contribution in [3.05, 3.63) is 23.4 Å². The first-order valence-electron chi connectivity index (χ1n) is 7.56. The van der Waals surface area contributed by atoms with Crippen LogP contribution in [0.25, 0.3) is 6.08 Å². The lowest BCUT2D eigenvalue weighted by Crippen LogP contribution is -2.36. The van der Waals surface area contributed by atoms with Gasteiger partial charge in [-0.15, -0.1) is 0 Å². The second kappa shape index (κ2) is 8.05. The number of hydrogen-bond donors (Lipinski definition) is 0. The van der Waals surface area contributed by atoms with Gasteiger partial charge in [-0.2, -0.15) is 0 Å². The number of hydrogen-bond acceptors (Lipinski definition) is 7. The summed E-state index contributed by atoms with van der Waals surface area (Å²) < 4.78 is 20.5. The maximum atomic E-state index is 12.6. The first kappa shape index (κ1) is 19.5. The Morgan fingerprint density at radius 3 is 2.15 bits per heavy atom. The molecule has 0 radical (unpaired) electrons. The molecule has 1 amide bonds. The average Bonchev–Trinajstić information content (AvgIpc) is 2.84. The molecule has 0 N–H and O–H groups in total. The Hall–Kier alpha value is -2.81. The van der Waals surface area contributed by atoms with Crippen molar-refractivity contribution < 1.29 is 28.5 Å². The van der Waals surface area contributed by atoms with Crippen LogP contribution in [0, 0.1) is 0 Å². The van der Waals surface area contributed by atoms with Crippen molar-refractivity contribution in [2.24, 2.45) is 0 Å². The van der Waals surface area contributed by atoms with Crippen molar-refractivity contribution in [1.82, 2.24) is 9.80 Å². The van der Waals surface area contributed by atoms with E-state index in [1.165, 1.54) is 38.2 Å². The molecule has 2 rings (SSSR count). The van der Waals surface area contributed by atoms with Crippen molar-refractivity contribution >= 4 is 35.3 Å². The highest BCUT2D eigenvalue weighted by Gasteiger charge is 2.37. The van der Waals surface area contributed by atoms with E-state index in [0.29, 0.717) is 28.5 Å². The molecule has 1 saturated heterocycles. The third-order valence-electron chi connectivity index (χ3n) is 3.85. The molecule has 0 saturated carbocycles. The molecule has 1 aliphatic rings. The fourth-order valence-corrected chi connectivity index (χ4v) is 2.73. The molecule has 140 valence electrons. The van der Waals surface area contributed by atoms with Crippen LogP contribution < -0.4 is 14.2 Å². The first-order valence-corrected chi connectivity index (χ1v) is 7.96. The van der Waals surface area contributed by atoms with Crippen molar-refractivity contribution in [2.75, 3.05) is 42.0 Å². The minimum atomic E-state index is -0.553. The average molecular weight is 380 g/mol. The Morgan fingerprint density at radius 1 is 1.12 bits per heavy atom. The molecule has 9 heteroatoms. The topological polar surface area (TPSA) is 77.5 Å². The zero-order valence-corrected chi connectivity index (χ0v) is 16.0. The van der Waals surface area contributed by atoms with Gasteiger partial charge in [0, 0.05) is 7.05 Å². The fourth-order valence-electron chi connectivity index (χ4n) is 2.49. The third-order valence-corrected chi connectivity index (χ3v) is 4.34. The van der Waals surface area contributed by atoms with Crippen molar-refractivity contribution in [3.63, 3.8) is 0 Å². The van der Waals surface area contributed by atoms with Gasteiger partial charge in [-0.1, -0.05) is 0 Å². The second-order valence-electron chi connectivity index (χ2n) is 5.30. The SMILES string of the molecule is COC(=O)CN1C(=O)/C(=C/c2cc(OC)c(OC)c(OC)c2)N(C)C1=S. The molecule has 1 aromatic carbocycles. The molecule has 0 aromatic heterocycles. The van der Waals surface area contributed by atoms with Gasteiger partial charge in [-0.3, -0.25) is 14.5 Å². The van der Waals surface area contributed by atoms with Crippen LogP contribution in [-0.4, -0.2) is 68.8 Å². The number of ether oxygens (including phenoxy) is 4. The van der Waals surface area contributed by atoms with Gasteiger partial charge >= 0.3 is 5.97 Å². The molecular weight excluding hydrogens is 360 g/mol. The summed E-state index contributed by atoms with van der Waals surface area (Å²) in [6, 6.07) is 3.42. The molecule has 1 aromatic rings. The van der Waals surface area contributed by atoms with Crippen molar-refractivity contribution in [3.8, 4) is 17.2 Å². The van der Waals surface area contributed by atoms with Crippen LogP contribution in [0.5, 0.6) is 17.2 Å². The van der Waals surface area contributed by atoms with E-state index in [-0.39, 0.29) is 11.7 Å². The van der Waals surface area contributed by atoms with Gasteiger partial charge in [0.2, 0.25) is 5.75 Å². The number of likely N-dealkylation sites (N-methyl/N-ethyl adjacent to an activating group) is 1. The maximum absolute atomic E-state index is 12.6. The number of methoxy groups -OCH3 is 4. The highest BCUT2D eigenvalue weighted by molar-refractivity contribution is 7.80. The molecule has 8 nitrogen and oxygen atoms in total. The Bertz CT molecular complexity index is 752. The highest BCUT2D eigenvalue weighted by Crippen LogP contribution is 2.39. The zero-order chi connectivity index (χ0) is 19.4.